The molecule has 0 aliphatic rings. The predicted octanol–water partition coefficient (Wildman–Crippen LogP) is 4.12. The van der Waals surface area contributed by atoms with Gasteiger partial charge in [0.1, 0.15) is 0 Å². The Morgan fingerprint density at radius 1 is 0.704 bits per heavy atom. The second-order valence-corrected chi connectivity index (χ2v) is 6.73. The van der Waals surface area contributed by atoms with Crippen molar-refractivity contribution >= 4 is 0 Å². The van der Waals surface area contributed by atoms with E-state index in [4.69, 9.17) is 18.9 Å². The van der Waals surface area contributed by atoms with Gasteiger partial charge in [-0.2, -0.15) is 0 Å². The van der Waals surface area contributed by atoms with Crippen LogP contribution in [0.4, 0.5) is 0 Å². The van der Waals surface area contributed by atoms with Crippen molar-refractivity contribution in [1.29, 1.82) is 0 Å². The zero-order valence-corrected chi connectivity index (χ0v) is 17.0. The number of methoxy groups -OCH3 is 4. The summed E-state index contributed by atoms with van der Waals surface area (Å²) >= 11 is 0. The summed E-state index contributed by atoms with van der Waals surface area (Å²) in [4.78, 5) is 0. The summed E-state index contributed by atoms with van der Waals surface area (Å²) in [5.41, 5.74) is 2.18. The average Bonchev–Trinajstić information content (AvgIpc) is 2.72. The zero-order chi connectivity index (χ0) is 20.0. The summed E-state index contributed by atoms with van der Waals surface area (Å²) < 4.78 is 21.7. The van der Waals surface area contributed by atoms with Crippen molar-refractivity contribution in [1.82, 2.24) is 0 Å². The average molecular weight is 374 g/mol. The minimum Gasteiger partial charge on any atom is -0.493 e. The highest BCUT2D eigenvalue weighted by Crippen LogP contribution is 2.42. The fraction of sp³-hybridized carbons (Fsp3) is 0.455. The second kappa shape index (κ2) is 9.51. The van der Waals surface area contributed by atoms with E-state index in [9.17, 15) is 5.11 Å². The Morgan fingerprint density at radius 3 is 1.44 bits per heavy atom. The quantitative estimate of drug-likeness (QED) is 0.716. The van der Waals surface area contributed by atoms with Gasteiger partial charge in [0, 0.05) is 12.5 Å². The Balaban J connectivity index is 2.59. The van der Waals surface area contributed by atoms with Gasteiger partial charge in [-0.05, 0) is 47.2 Å². The minimum absolute atomic E-state index is 0.0479. The van der Waals surface area contributed by atoms with Gasteiger partial charge in [-0.1, -0.05) is 26.0 Å². The summed E-state index contributed by atoms with van der Waals surface area (Å²) in [6, 6.07) is 11.9. The summed E-state index contributed by atoms with van der Waals surface area (Å²) in [6.45, 7) is 4.33. The normalized spacial score (nSPS) is 13.2. The van der Waals surface area contributed by atoms with E-state index in [0.717, 1.165) is 11.1 Å². The zero-order valence-electron chi connectivity index (χ0n) is 17.0. The Bertz CT molecular complexity index is 688. The molecule has 5 heteroatoms. The highest BCUT2D eigenvalue weighted by molar-refractivity contribution is 5.49. The molecule has 0 aliphatic heterocycles. The predicted molar refractivity (Wildman–Crippen MR) is 106 cm³/mol. The van der Waals surface area contributed by atoms with E-state index in [1.807, 2.05) is 36.4 Å². The Hall–Kier alpha value is -2.40. The molecule has 0 fully saturated rings. The molecule has 0 aliphatic carbocycles. The van der Waals surface area contributed by atoms with Gasteiger partial charge in [-0.25, -0.2) is 0 Å². The molecule has 0 saturated carbocycles. The van der Waals surface area contributed by atoms with Crippen LogP contribution in [0.25, 0.3) is 0 Å². The van der Waals surface area contributed by atoms with Crippen LogP contribution in [0.5, 0.6) is 23.0 Å². The largest absolute Gasteiger partial charge is 0.493 e. The van der Waals surface area contributed by atoms with Gasteiger partial charge >= 0.3 is 0 Å². The topological polar surface area (TPSA) is 57.2 Å². The smallest absolute Gasteiger partial charge is 0.161 e. The SMILES string of the molecule is COc1ccc(C(c2ccc(OC)c(OC)c2)C(C)C(C)CO)cc1OC. The third-order valence-electron chi connectivity index (χ3n) is 5.24. The van der Waals surface area contributed by atoms with E-state index in [0.29, 0.717) is 23.0 Å². The number of benzene rings is 2. The monoisotopic (exact) mass is 374 g/mol. The van der Waals surface area contributed by atoms with Crippen molar-refractivity contribution in [2.24, 2.45) is 11.8 Å². The van der Waals surface area contributed by atoms with Crippen molar-refractivity contribution in [2.45, 2.75) is 19.8 Å². The maximum atomic E-state index is 9.72. The third kappa shape index (κ3) is 4.48. The van der Waals surface area contributed by atoms with Crippen LogP contribution in [0.3, 0.4) is 0 Å². The minimum atomic E-state index is 0.0479. The first-order chi connectivity index (χ1) is 13.0. The van der Waals surface area contributed by atoms with Crippen LogP contribution < -0.4 is 18.9 Å². The first-order valence-corrected chi connectivity index (χ1v) is 9.05. The summed E-state index contributed by atoms with van der Waals surface area (Å²) in [6.07, 6.45) is 0. The second-order valence-electron chi connectivity index (χ2n) is 6.73. The highest BCUT2D eigenvalue weighted by Gasteiger charge is 2.27. The summed E-state index contributed by atoms with van der Waals surface area (Å²) in [7, 11) is 6.51. The molecule has 0 aromatic heterocycles. The molecule has 2 aromatic rings. The number of aliphatic hydroxyl groups is 1. The molecule has 2 atom stereocenters. The number of rotatable bonds is 9. The molecule has 0 heterocycles. The molecular weight excluding hydrogens is 344 g/mol. The first-order valence-electron chi connectivity index (χ1n) is 9.05. The molecule has 0 amide bonds. The van der Waals surface area contributed by atoms with E-state index in [1.54, 1.807) is 28.4 Å². The Kier molecular flexibility index (Phi) is 7.36. The van der Waals surface area contributed by atoms with Gasteiger partial charge in [0.15, 0.2) is 23.0 Å². The number of hydrogen-bond acceptors (Lipinski definition) is 5. The number of aliphatic hydroxyl groups excluding tert-OH is 1. The van der Waals surface area contributed by atoms with Crippen LogP contribution in [0.15, 0.2) is 36.4 Å². The Morgan fingerprint density at radius 2 is 1.11 bits per heavy atom. The maximum Gasteiger partial charge on any atom is 0.161 e. The fourth-order valence-electron chi connectivity index (χ4n) is 3.39. The standard InChI is InChI=1S/C22H30O5/c1-14(13-23)15(2)22(16-7-9-18(24-3)20(11-16)26-5)17-8-10-19(25-4)21(12-17)27-6/h7-12,14-15,22-23H,13H2,1-6H3. The lowest BCUT2D eigenvalue weighted by Gasteiger charge is -2.30. The van der Waals surface area contributed by atoms with Crippen molar-refractivity contribution in [3.05, 3.63) is 47.5 Å². The lowest BCUT2D eigenvalue weighted by Crippen LogP contribution is -2.21. The van der Waals surface area contributed by atoms with Crippen LogP contribution >= 0.6 is 0 Å². The van der Waals surface area contributed by atoms with E-state index >= 15 is 0 Å². The van der Waals surface area contributed by atoms with E-state index in [1.165, 1.54) is 0 Å². The highest BCUT2D eigenvalue weighted by atomic mass is 16.5. The molecule has 148 valence electrons. The molecule has 27 heavy (non-hydrogen) atoms. The molecule has 1 N–H and O–H groups in total. The van der Waals surface area contributed by atoms with Crippen LogP contribution in [0.1, 0.15) is 30.9 Å². The molecule has 0 saturated heterocycles. The van der Waals surface area contributed by atoms with Gasteiger partial charge < -0.3 is 24.1 Å². The first kappa shape index (κ1) is 20.9. The van der Waals surface area contributed by atoms with Crippen LogP contribution in [-0.2, 0) is 0 Å². The van der Waals surface area contributed by atoms with E-state index < -0.39 is 0 Å². The van der Waals surface area contributed by atoms with Gasteiger partial charge in [0.2, 0.25) is 0 Å². The summed E-state index contributed by atoms with van der Waals surface area (Å²) in [5, 5.41) is 9.72. The van der Waals surface area contributed by atoms with E-state index in [-0.39, 0.29) is 24.4 Å². The molecule has 5 nitrogen and oxygen atoms in total. The molecule has 2 aromatic carbocycles. The van der Waals surface area contributed by atoms with Gasteiger partial charge in [0.25, 0.3) is 0 Å². The Labute approximate surface area is 161 Å². The third-order valence-corrected chi connectivity index (χ3v) is 5.24. The molecular formula is C22H30O5. The van der Waals surface area contributed by atoms with Crippen molar-refractivity contribution < 1.29 is 24.1 Å². The van der Waals surface area contributed by atoms with E-state index in [2.05, 4.69) is 13.8 Å². The number of hydrogen-bond donors (Lipinski definition) is 1. The maximum absolute atomic E-state index is 9.72. The fourth-order valence-corrected chi connectivity index (χ4v) is 3.39. The lowest BCUT2D eigenvalue weighted by molar-refractivity contribution is 0.186. The van der Waals surface area contributed by atoms with Gasteiger partial charge in [-0.3, -0.25) is 0 Å². The van der Waals surface area contributed by atoms with Gasteiger partial charge in [0.05, 0.1) is 28.4 Å². The molecule has 2 rings (SSSR count). The van der Waals surface area contributed by atoms with Crippen molar-refractivity contribution in [2.75, 3.05) is 35.0 Å². The molecule has 0 radical (unpaired) electrons. The molecule has 0 bridgehead atoms. The van der Waals surface area contributed by atoms with Crippen molar-refractivity contribution in [3.8, 4) is 23.0 Å². The van der Waals surface area contributed by atoms with Crippen LogP contribution in [-0.4, -0.2) is 40.2 Å². The van der Waals surface area contributed by atoms with Crippen molar-refractivity contribution in [3.63, 3.8) is 0 Å². The molecule has 0 spiro atoms. The lowest BCUT2D eigenvalue weighted by atomic mass is 9.76. The van der Waals surface area contributed by atoms with Crippen LogP contribution in [0.2, 0.25) is 0 Å². The van der Waals surface area contributed by atoms with Crippen LogP contribution in [0, 0.1) is 11.8 Å². The van der Waals surface area contributed by atoms with Gasteiger partial charge in [-0.15, -0.1) is 0 Å². The molecule has 2 unspecified atom stereocenters. The number of ether oxygens (including phenoxy) is 4. The summed E-state index contributed by atoms with van der Waals surface area (Å²) in [5.74, 6) is 3.10.